The molecule has 0 aliphatic rings. The van der Waals surface area contributed by atoms with E-state index in [4.69, 9.17) is 0 Å². The molecule has 0 amide bonds. The van der Waals surface area contributed by atoms with Crippen LogP contribution in [0.3, 0.4) is 0 Å². The van der Waals surface area contributed by atoms with Gasteiger partial charge < -0.3 is 9.97 Å². The minimum Gasteiger partial charge on any atom is -0.351 e. The molecule has 4 nitrogen and oxygen atoms in total. The molecule has 2 N–H and O–H groups in total. The van der Waals surface area contributed by atoms with Crippen molar-refractivity contribution in [1.29, 1.82) is 0 Å². The number of hydrogen-bond acceptors (Lipinski definition) is 2. The average molecular weight is 278 g/mol. The molecule has 114 valence electrons. The molecule has 3 aromatic rings. The number of nitrogens with zero attached hydrogens (tertiary/aromatic N) is 2. The molecule has 0 aliphatic carbocycles. The zero-order valence-corrected chi connectivity index (χ0v) is 11.5. The van der Waals surface area contributed by atoms with Crippen molar-refractivity contribution in [3.8, 4) is 0 Å². The fourth-order valence-corrected chi connectivity index (χ4v) is 1.09. The van der Waals surface area contributed by atoms with Crippen LogP contribution in [0.2, 0.25) is 0 Å². The van der Waals surface area contributed by atoms with Gasteiger partial charge in [0.1, 0.15) is 0 Å². The number of aromatic amines is 2. The first kappa shape index (κ1) is 23.0. The molecule has 0 atom stereocenters. The lowest BCUT2D eigenvalue weighted by molar-refractivity contribution is 1.31. The Labute approximate surface area is 123 Å². The lowest BCUT2D eigenvalue weighted by Crippen LogP contribution is -1.63. The Kier molecular flexibility index (Phi) is 19.5. The molecule has 3 rings (SSSR count). The maximum atomic E-state index is 4.06. The highest BCUT2D eigenvalue weighted by Gasteiger charge is 1.88. The summed E-state index contributed by atoms with van der Waals surface area (Å²) in [6.45, 7) is 8.00. The third-order valence-electron chi connectivity index (χ3n) is 1.73. The van der Waals surface area contributed by atoms with E-state index in [1.165, 1.54) is 0 Å². The second kappa shape index (κ2) is 16.9. The summed E-state index contributed by atoms with van der Waals surface area (Å²) in [5, 5.41) is 0. The number of benzene rings is 1. The van der Waals surface area contributed by atoms with Gasteiger partial charge in [0.05, 0.1) is 23.7 Å². The SMILES string of the molecule is C.C.CC.CC.c1c[nH]cn1.c1ccc2[nH]cnc2c1. The van der Waals surface area contributed by atoms with Gasteiger partial charge in [-0.05, 0) is 12.1 Å². The van der Waals surface area contributed by atoms with Gasteiger partial charge in [-0.25, -0.2) is 9.97 Å². The Hall–Kier alpha value is -2.10. The van der Waals surface area contributed by atoms with Crippen molar-refractivity contribution in [3.63, 3.8) is 0 Å². The van der Waals surface area contributed by atoms with Gasteiger partial charge >= 0.3 is 0 Å². The lowest BCUT2D eigenvalue weighted by atomic mass is 10.3. The largest absolute Gasteiger partial charge is 0.351 e. The van der Waals surface area contributed by atoms with Crippen molar-refractivity contribution >= 4 is 11.0 Å². The minimum atomic E-state index is 0. The van der Waals surface area contributed by atoms with Crippen molar-refractivity contribution in [1.82, 2.24) is 19.9 Å². The summed E-state index contributed by atoms with van der Waals surface area (Å²) in [5.74, 6) is 0. The van der Waals surface area contributed by atoms with Gasteiger partial charge in [0.2, 0.25) is 0 Å². The van der Waals surface area contributed by atoms with Gasteiger partial charge in [0.25, 0.3) is 0 Å². The third kappa shape index (κ3) is 8.91. The first-order valence-electron chi connectivity index (χ1n) is 6.27. The van der Waals surface area contributed by atoms with E-state index in [1.54, 1.807) is 25.0 Å². The maximum Gasteiger partial charge on any atom is 0.0931 e. The summed E-state index contributed by atoms with van der Waals surface area (Å²) < 4.78 is 0. The van der Waals surface area contributed by atoms with Gasteiger partial charge in [-0.3, -0.25) is 0 Å². The topological polar surface area (TPSA) is 57.4 Å². The molecule has 0 spiro atoms. The molecule has 2 heterocycles. The molecule has 0 bridgehead atoms. The summed E-state index contributed by atoms with van der Waals surface area (Å²) in [7, 11) is 0. The first-order chi connectivity index (χ1) is 8.97. The molecule has 0 aliphatic heterocycles. The Morgan fingerprint density at radius 1 is 0.900 bits per heavy atom. The van der Waals surface area contributed by atoms with Gasteiger partial charge in [-0.15, -0.1) is 0 Å². The molecule has 0 saturated heterocycles. The van der Waals surface area contributed by atoms with E-state index < -0.39 is 0 Å². The second-order valence-corrected chi connectivity index (χ2v) is 2.68. The molecule has 20 heavy (non-hydrogen) atoms. The summed E-state index contributed by atoms with van der Waals surface area (Å²) in [6, 6.07) is 7.94. The predicted molar refractivity (Wildman–Crippen MR) is 90.8 cm³/mol. The number of H-pyrrole nitrogens is 2. The van der Waals surface area contributed by atoms with E-state index in [-0.39, 0.29) is 14.9 Å². The zero-order chi connectivity index (χ0) is 13.6. The van der Waals surface area contributed by atoms with Crippen molar-refractivity contribution in [2.45, 2.75) is 42.5 Å². The first-order valence-corrected chi connectivity index (χ1v) is 6.27. The smallest absolute Gasteiger partial charge is 0.0931 e. The highest BCUT2D eigenvalue weighted by atomic mass is 14.9. The Morgan fingerprint density at radius 3 is 2.00 bits per heavy atom. The van der Waals surface area contributed by atoms with Crippen LogP contribution in [-0.4, -0.2) is 19.9 Å². The zero-order valence-electron chi connectivity index (χ0n) is 11.5. The summed E-state index contributed by atoms with van der Waals surface area (Å²) in [6.07, 6.45) is 6.78. The number of rotatable bonds is 0. The van der Waals surface area contributed by atoms with Crippen LogP contribution in [0.1, 0.15) is 42.5 Å². The highest BCUT2D eigenvalue weighted by Crippen LogP contribution is 2.05. The van der Waals surface area contributed by atoms with Crippen LogP contribution in [0.25, 0.3) is 11.0 Å². The van der Waals surface area contributed by atoms with Crippen LogP contribution >= 0.6 is 0 Å². The number of nitrogens with one attached hydrogen (secondary N) is 2. The van der Waals surface area contributed by atoms with Crippen molar-refractivity contribution in [2.24, 2.45) is 0 Å². The summed E-state index contributed by atoms with van der Waals surface area (Å²) in [4.78, 5) is 13.5. The molecule has 0 saturated carbocycles. The van der Waals surface area contributed by atoms with Crippen LogP contribution in [-0.2, 0) is 0 Å². The molecule has 2 aromatic heterocycles. The van der Waals surface area contributed by atoms with Gasteiger partial charge in [0, 0.05) is 12.4 Å². The number of hydrogen-bond donors (Lipinski definition) is 2. The van der Waals surface area contributed by atoms with Crippen molar-refractivity contribution in [3.05, 3.63) is 49.3 Å². The molecule has 0 fully saturated rings. The normalized spacial score (nSPS) is 7.20. The molecule has 0 radical (unpaired) electrons. The highest BCUT2D eigenvalue weighted by molar-refractivity contribution is 5.73. The van der Waals surface area contributed by atoms with Crippen LogP contribution in [0.4, 0.5) is 0 Å². The Morgan fingerprint density at radius 2 is 1.55 bits per heavy atom. The monoisotopic (exact) mass is 278 g/mol. The Bertz CT molecular complexity index is 424. The van der Waals surface area contributed by atoms with Crippen LogP contribution in [0, 0.1) is 0 Å². The van der Waals surface area contributed by atoms with Crippen molar-refractivity contribution < 1.29 is 0 Å². The molecule has 4 heteroatoms. The lowest BCUT2D eigenvalue weighted by Gasteiger charge is -1.81. The number of fused-ring (bicyclic) bond motifs is 1. The summed E-state index contributed by atoms with van der Waals surface area (Å²) in [5.41, 5.74) is 2.12. The maximum absolute atomic E-state index is 4.06. The van der Waals surface area contributed by atoms with E-state index in [2.05, 4.69) is 19.9 Å². The van der Waals surface area contributed by atoms with Gasteiger partial charge in [-0.1, -0.05) is 54.7 Å². The fraction of sp³-hybridized carbons (Fsp3) is 0.375. The van der Waals surface area contributed by atoms with Crippen LogP contribution in [0.5, 0.6) is 0 Å². The molecule has 0 unspecified atom stereocenters. The number of para-hydroxylation sites is 2. The van der Waals surface area contributed by atoms with Crippen LogP contribution < -0.4 is 0 Å². The van der Waals surface area contributed by atoms with Gasteiger partial charge in [-0.2, -0.15) is 0 Å². The molecule has 1 aromatic carbocycles. The van der Waals surface area contributed by atoms with E-state index >= 15 is 0 Å². The van der Waals surface area contributed by atoms with Gasteiger partial charge in [0.15, 0.2) is 0 Å². The van der Waals surface area contributed by atoms with E-state index in [1.807, 2.05) is 52.0 Å². The van der Waals surface area contributed by atoms with E-state index in [0.717, 1.165) is 11.0 Å². The third-order valence-corrected chi connectivity index (χ3v) is 1.73. The molecular weight excluding hydrogens is 248 g/mol. The molecular formula is C16H30N4. The quantitative estimate of drug-likeness (QED) is 0.586. The minimum absolute atomic E-state index is 0. The fourth-order valence-electron chi connectivity index (χ4n) is 1.09. The van der Waals surface area contributed by atoms with Crippen LogP contribution in [0.15, 0.2) is 49.3 Å². The average Bonchev–Trinajstić information content (AvgIpc) is 3.17. The second-order valence-electron chi connectivity index (χ2n) is 2.68. The Balaban J connectivity index is -0.000000230. The summed E-state index contributed by atoms with van der Waals surface area (Å²) >= 11 is 0. The van der Waals surface area contributed by atoms with E-state index in [9.17, 15) is 0 Å². The van der Waals surface area contributed by atoms with Crippen molar-refractivity contribution in [2.75, 3.05) is 0 Å². The standard InChI is InChI=1S/C7H6N2.C3H4N2.2C2H6.2CH4/c1-2-4-7-6(3-1)8-5-9-7;1-2-5-3-4-1;2*1-2;;/h1-5H,(H,8,9);1-3H,(H,4,5);2*1-2H3;2*1H4. The number of aromatic nitrogens is 4. The number of imidazole rings is 2. The van der Waals surface area contributed by atoms with E-state index in [0.29, 0.717) is 0 Å². The predicted octanol–water partition coefficient (Wildman–Crippen LogP) is 5.30.